The van der Waals surface area contributed by atoms with Gasteiger partial charge in [0.15, 0.2) is 6.61 Å². The zero-order valence-electron chi connectivity index (χ0n) is 14.2. The first-order valence-corrected chi connectivity index (χ1v) is 8.90. The Morgan fingerprint density at radius 1 is 1.04 bits per heavy atom. The molecule has 1 N–H and O–H groups in total. The zero-order valence-corrected chi connectivity index (χ0v) is 14.2. The fourth-order valence-electron chi connectivity index (χ4n) is 4.67. The molecule has 2 aliphatic carbocycles. The number of rotatable bonds is 5. The van der Waals surface area contributed by atoms with Crippen molar-refractivity contribution in [2.24, 2.45) is 23.7 Å². The van der Waals surface area contributed by atoms with Crippen LogP contribution in [0.15, 0.2) is 30.3 Å². The molecule has 2 bridgehead atoms. The number of esters is 1. The molecule has 0 unspecified atom stereocenters. The number of fused-ring (bicyclic) bond motifs is 5. The molecule has 7 heteroatoms. The van der Waals surface area contributed by atoms with Crippen LogP contribution in [0.5, 0.6) is 0 Å². The highest BCUT2D eigenvalue weighted by Crippen LogP contribution is 2.56. The molecule has 7 nitrogen and oxygen atoms in total. The first-order valence-electron chi connectivity index (χ1n) is 8.90. The van der Waals surface area contributed by atoms with Crippen LogP contribution in [0.3, 0.4) is 0 Å². The van der Waals surface area contributed by atoms with Crippen molar-refractivity contribution in [1.29, 1.82) is 0 Å². The summed E-state index contributed by atoms with van der Waals surface area (Å²) in [4.78, 5) is 49.9. The molecule has 0 radical (unpaired) electrons. The van der Waals surface area contributed by atoms with Gasteiger partial charge in [-0.15, -0.1) is 0 Å². The van der Waals surface area contributed by atoms with Gasteiger partial charge in [-0.2, -0.15) is 0 Å². The van der Waals surface area contributed by atoms with Crippen molar-refractivity contribution in [3.8, 4) is 0 Å². The van der Waals surface area contributed by atoms with Crippen LogP contribution in [0.4, 0.5) is 5.69 Å². The molecule has 1 heterocycles. The van der Waals surface area contributed by atoms with Crippen molar-refractivity contribution in [3.63, 3.8) is 0 Å². The predicted octanol–water partition coefficient (Wildman–Crippen LogP) is 1.20. The predicted molar refractivity (Wildman–Crippen MR) is 90.6 cm³/mol. The minimum atomic E-state index is -0.748. The molecule has 3 fully saturated rings. The van der Waals surface area contributed by atoms with Crippen LogP contribution in [-0.2, 0) is 23.9 Å². The van der Waals surface area contributed by atoms with Crippen molar-refractivity contribution >= 4 is 29.4 Å². The fourth-order valence-corrected chi connectivity index (χ4v) is 4.67. The number of carbonyl (C=O) groups is 4. The zero-order chi connectivity index (χ0) is 18.3. The van der Waals surface area contributed by atoms with Crippen LogP contribution in [0.25, 0.3) is 0 Å². The highest BCUT2D eigenvalue weighted by Gasteiger charge is 2.61. The number of nitrogens with one attached hydrogen (secondary N) is 1. The monoisotopic (exact) mass is 356 g/mol. The number of likely N-dealkylation sites (tertiary alicyclic amines) is 1. The molecule has 4 rings (SSSR count). The average Bonchev–Trinajstić information content (AvgIpc) is 3.31. The van der Waals surface area contributed by atoms with Gasteiger partial charge in [0.1, 0.15) is 6.54 Å². The van der Waals surface area contributed by atoms with Crippen molar-refractivity contribution in [2.45, 2.75) is 19.3 Å². The second kappa shape index (κ2) is 6.55. The molecule has 4 atom stereocenters. The van der Waals surface area contributed by atoms with Gasteiger partial charge in [-0.3, -0.25) is 24.1 Å². The lowest BCUT2D eigenvalue weighted by Crippen LogP contribution is -2.38. The third-order valence-electron chi connectivity index (χ3n) is 5.73. The standard InChI is InChI=1S/C19H20N2O5/c22-14(20-13-4-2-1-3-5-13)10-26-15(23)9-21-18(24)16-11-6-7-12(8-11)17(16)19(21)25/h1-5,11-12,16-17H,6-10H2,(H,20,22)/t11-,12+,16-,17-/m0/s1. The molecular formula is C19H20N2O5. The Bertz CT molecular complexity index is 734. The number of benzene rings is 1. The first kappa shape index (κ1) is 16.8. The van der Waals surface area contributed by atoms with Crippen molar-refractivity contribution < 1.29 is 23.9 Å². The summed E-state index contributed by atoms with van der Waals surface area (Å²) >= 11 is 0. The lowest BCUT2D eigenvalue weighted by molar-refractivity contribution is -0.154. The molecule has 1 aliphatic heterocycles. The quantitative estimate of drug-likeness (QED) is 0.632. The second-order valence-electron chi connectivity index (χ2n) is 7.22. The van der Waals surface area contributed by atoms with Gasteiger partial charge in [0, 0.05) is 5.69 Å². The van der Waals surface area contributed by atoms with E-state index in [1.54, 1.807) is 24.3 Å². The van der Waals surface area contributed by atoms with E-state index in [4.69, 9.17) is 4.74 Å². The summed E-state index contributed by atoms with van der Waals surface area (Å²) in [6, 6.07) is 8.80. The molecule has 1 aromatic rings. The van der Waals surface area contributed by atoms with E-state index < -0.39 is 25.0 Å². The smallest absolute Gasteiger partial charge is 0.326 e. The Morgan fingerprint density at radius 2 is 1.65 bits per heavy atom. The van der Waals surface area contributed by atoms with Gasteiger partial charge in [-0.05, 0) is 43.2 Å². The van der Waals surface area contributed by atoms with E-state index in [1.807, 2.05) is 6.07 Å². The number of nitrogens with zero attached hydrogens (tertiary/aromatic N) is 1. The lowest BCUT2D eigenvalue weighted by Gasteiger charge is -2.19. The van der Waals surface area contributed by atoms with E-state index >= 15 is 0 Å². The second-order valence-corrected chi connectivity index (χ2v) is 7.22. The molecular weight excluding hydrogens is 336 g/mol. The Labute approximate surface area is 150 Å². The summed E-state index contributed by atoms with van der Waals surface area (Å²) < 4.78 is 4.93. The lowest BCUT2D eigenvalue weighted by atomic mass is 9.81. The van der Waals surface area contributed by atoms with Gasteiger partial charge < -0.3 is 10.1 Å². The maximum atomic E-state index is 12.5. The number of amides is 3. The molecule has 3 aliphatic rings. The Hall–Kier alpha value is -2.70. The van der Waals surface area contributed by atoms with E-state index in [9.17, 15) is 19.2 Å². The maximum absolute atomic E-state index is 12.5. The van der Waals surface area contributed by atoms with Crippen LogP contribution in [0.2, 0.25) is 0 Å². The number of anilines is 1. The number of carbonyl (C=O) groups excluding carboxylic acids is 4. The van der Waals surface area contributed by atoms with Crippen LogP contribution in [-0.4, -0.2) is 41.7 Å². The van der Waals surface area contributed by atoms with Gasteiger partial charge in [-0.25, -0.2) is 0 Å². The van der Waals surface area contributed by atoms with E-state index in [1.165, 1.54) is 0 Å². The molecule has 1 aromatic carbocycles. The summed E-state index contributed by atoms with van der Waals surface area (Å²) in [5, 5.41) is 2.60. The number of para-hydroxylation sites is 1. The molecule has 0 aromatic heterocycles. The molecule has 2 saturated carbocycles. The average molecular weight is 356 g/mol. The van der Waals surface area contributed by atoms with Crippen molar-refractivity contribution in [2.75, 3.05) is 18.5 Å². The molecule has 26 heavy (non-hydrogen) atoms. The van der Waals surface area contributed by atoms with Gasteiger partial charge in [0.2, 0.25) is 11.8 Å². The third-order valence-corrected chi connectivity index (χ3v) is 5.73. The number of ether oxygens (including phenoxy) is 1. The van der Waals surface area contributed by atoms with E-state index in [-0.39, 0.29) is 35.5 Å². The van der Waals surface area contributed by atoms with Crippen LogP contribution < -0.4 is 5.32 Å². The van der Waals surface area contributed by atoms with Gasteiger partial charge >= 0.3 is 5.97 Å². The highest BCUT2D eigenvalue weighted by atomic mass is 16.5. The van der Waals surface area contributed by atoms with E-state index in [0.29, 0.717) is 5.69 Å². The third kappa shape index (κ3) is 2.87. The largest absolute Gasteiger partial charge is 0.454 e. The Kier molecular flexibility index (Phi) is 4.22. The van der Waals surface area contributed by atoms with Crippen LogP contribution in [0, 0.1) is 23.7 Å². The van der Waals surface area contributed by atoms with Crippen molar-refractivity contribution in [3.05, 3.63) is 30.3 Å². The normalized spacial score (nSPS) is 29.0. The topological polar surface area (TPSA) is 92.8 Å². The Morgan fingerprint density at radius 3 is 2.27 bits per heavy atom. The molecule has 136 valence electrons. The Balaban J connectivity index is 1.29. The van der Waals surface area contributed by atoms with Gasteiger partial charge in [0.25, 0.3) is 5.91 Å². The summed E-state index contributed by atoms with van der Waals surface area (Å²) in [7, 11) is 0. The fraction of sp³-hybridized carbons (Fsp3) is 0.474. The van der Waals surface area contributed by atoms with Gasteiger partial charge in [0.05, 0.1) is 11.8 Å². The molecule has 0 spiro atoms. The van der Waals surface area contributed by atoms with Crippen LogP contribution in [0.1, 0.15) is 19.3 Å². The summed E-state index contributed by atoms with van der Waals surface area (Å²) in [5.74, 6) is -1.68. The maximum Gasteiger partial charge on any atom is 0.326 e. The van der Waals surface area contributed by atoms with Crippen LogP contribution >= 0.6 is 0 Å². The summed E-state index contributed by atoms with van der Waals surface area (Å²) in [6.45, 7) is -0.870. The van der Waals surface area contributed by atoms with E-state index in [2.05, 4.69) is 5.32 Å². The van der Waals surface area contributed by atoms with E-state index in [0.717, 1.165) is 24.2 Å². The SMILES string of the molecule is O=C(COC(=O)CN1C(=O)[C@H]2[C@@H]3CC[C@@H](C3)[C@@H]2C1=O)Nc1ccccc1. The minimum Gasteiger partial charge on any atom is -0.454 e. The highest BCUT2D eigenvalue weighted by molar-refractivity contribution is 6.07. The minimum absolute atomic E-state index is 0.252. The summed E-state index contributed by atoms with van der Waals surface area (Å²) in [6.07, 6.45) is 2.93. The number of hydrogen-bond acceptors (Lipinski definition) is 5. The first-order chi connectivity index (χ1) is 12.5. The summed E-state index contributed by atoms with van der Waals surface area (Å²) in [5.41, 5.74) is 0.599. The molecule has 3 amide bonds. The molecule has 1 saturated heterocycles. The van der Waals surface area contributed by atoms with Crippen molar-refractivity contribution in [1.82, 2.24) is 4.90 Å². The van der Waals surface area contributed by atoms with Gasteiger partial charge in [-0.1, -0.05) is 18.2 Å². The number of hydrogen-bond donors (Lipinski definition) is 1. The number of imide groups is 1.